The van der Waals surface area contributed by atoms with Crippen LogP contribution in [0.2, 0.25) is 0 Å². The van der Waals surface area contributed by atoms with Gasteiger partial charge in [0.05, 0.1) is 25.4 Å². The van der Waals surface area contributed by atoms with Gasteiger partial charge in [-0.3, -0.25) is 4.99 Å². The number of aromatic nitrogens is 1. The van der Waals surface area contributed by atoms with Crippen LogP contribution in [0.1, 0.15) is 24.8 Å². The predicted molar refractivity (Wildman–Crippen MR) is 122 cm³/mol. The molecule has 3 unspecified atom stereocenters. The van der Waals surface area contributed by atoms with E-state index in [4.69, 9.17) is 14.2 Å². The topological polar surface area (TPSA) is 77.0 Å². The number of aliphatic imine (C=N–C) groups is 1. The quantitative estimate of drug-likeness (QED) is 0.352. The number of ether oxygens (including phenoxy) is 3. The minimum atomic E-state index is 0. The molecule has 2 N–H and O–H groups in total. The molecule has 3 heterocycles. The Kier molecular flexibility index (Phi) is 7.54. The Labute approximate surface area is 188 Å². The molecular weight excluding hydrogens is 483 g/mol. The molecule has 2 bridgehead atoms. The summed E-state index contributed by atoms with van der Waals surface area (Å²) in [6.45, 7) is 0.636. The van der Waals surface area contributed by atoms with Gasteiger partial charge in [-0.25, -0.2) is 4.98 Å². The van der Waals surface area contributed by atoms with Crippen molar-refractivity contribution in [2.45, 2.75) is 44.1 Å². The van der Waals surface area contributed by atoms with Gasteiger partial charge in [0.25, 0.3) is 0 Å². The summed E-state index contributed by atoms with van der Waals surface area (Å²) in [7, 11) is 3.42. The molecule has 0 amide bonds. The number of nitrogens with zero attached hydrogens (tertiary/aromatic N) is 2. The second kappa shape index (κ2) is 10.1. The molecule has 29 heavy (non-hydrogen) atoms. The third-order valence-corrected chi connectivity index (χ3v) is 5.19. The van der Waals surface area contributed by atoms with Gasteiger partial charge in [0.1, 0.15) is 11.5 Å². The summed E-state index contributed by atoms with van der Waals surface area (Å²) in [5.41, 5.74) is 1.05. The highest BCUT2D eigenvalue weighted by molar-refractivity contribution is 14.0. The maximum absolute atomic E-state index is 5.89. The fraction of sp³-hybridized carbons (Fsp3) is 0.429. The zero-order chi connectivity index (χ0) is 19.3. The monoisotopic (exact) mass is 510 g/mol. The van der Waals surface area contributed by atoms with E-state index in [0.717, 1.165) is 35.9 Å². The van der Waals surface area contributed by atoms with Gasteiger partial charge in [0.2, 0.25) is 5.88 Å². The van der Waals surface area contributed by atoms with Crippen LogP contribution >= 0.6 is 24.0 Å². The molecule has 1 aromatic carbocycles. The molecule has 1 aromatic heterocycles. The number of guanidine groups is 1. The van der Waals surface area contributed by atoms with Crippen LogP contribution in [0.4, 0.5) is 0 Å². The van der Waals surface area contributed by atoms with Gasteiger partial charge in [0, 0.05) is 25.9 Å². The molecule has 2 aliphatic heterocycles. The summed E-state index contributed by atoms with van der Waals surface area (Å²) >= 11 is 0. The van der Waals surface area contributed by atoms with Gasteiger partial charge < -0.3 is 24.8 Å². The van der Waals surface area contributed by atoms with E-state index in [2.05, 4.69) is 20.6 Å². The molecule has 2 saturated heterocycles. The second-order valence-electron chi connectivity index (χ2n) is 7.07. The number of hydrogen-bond donors (Lipinski definition) is 2. The Balaban J connectivity index is 0.00000240. The fourth-order valence-electron chi connectivity index (χ4n) is 3.69. The predicted octanol–water partition coefficient (Wildman–Crippen LogP) is 3.49. The normalized spacial score (nSPS) is 22.7. The third kappa shape index (κ3) is 5.51. The SMILES string of the molecule is CN=C(NCc1ccc(Oc2ccc(OC)cc2)nc1)NC1CC2CCC1O2.I. The lowest BCUT2D eigenvalue weighted by molar-refractivity contribution is 0.0992. The van der Waals surface area contributed by atoms with E-state index in [1.54, 1.807) is 20.4 Å². The van der Waals surface area contributed by atoms with Crippen molar-refractivity contribution in [3.63, 3.8) is 0 Å². The maximum Gasteiger partial charge on any atom is 0.219 e. The highest BCUT2D eigenvalue weighted by Crippen LogP contribution is 2.34. The van der Waals surface area contributed by atoms with E-state index in [0.29, 0.717) is 30.7 Å². The van der Waals surface area contributed by atoms with Crippen LogP contribution in [-0.2, 0) is 11.3 Å². The zero-order valence-electron chi connectivity index (χ0n) is 16.6. The van der Waals surface area contributed by atoms with Gasteiger partial charge in [-0.05, 0) is 49.1 Å². The van der Waals surface area contributed by atoms with Crippen molar-refractivity contribution in [1.29, 1.82) is 0 Å². The number of nitrogens with one attached hydrogen (secondary N) is 2. The second-order valence-corrected chi connectivity index (χ2v) is 7.07. The van der Waals surface area contributed by atoms with E-state index < -0.39 is 0 Å². The van der Waals surface area contributed by atoms with Crippen LogP contribution in [0.3, 0.4) is 0 Å². The molecule has 0 aliphatic carbocycles. The first-order valence-electron chi connectivity index (χ1n) is 9.63. The van der Waals surface area contributed by atoms with E-state index >= 15 is 0 Å². The summed E-state index contributed by atoms with van der Waals surface area (Å²) in [5, 5.41) is 6.82. The number of halogens is 1. The molecule has 156 valence electrons. The van der Waals surface area contributed by atoms with Crippen LogP contribution in [0.15, 0.2) is 47.6 Å². The van der Waals surface area contributed by atoms with E-state index in [-0.39, 0.29) is 24.0 Å². The Morgan fingerprint density at radius 3 is 2.55 bits per heavy atom. The molecule has 0 radical (unpaired) electrons. The highest BCUT2D eigenvalue weighted by Gasteiger charge is 2.41. The molecule has 2 fully saturated rings. The smallest absolute Gasteiger partial charge is 0.219 e. The van der Waals surface area contributed by atoms with Crippen LogP contribution in [0.5, 0.6) is 17.4 Å². The lowest BCUT2D eigenvalue weighted by atomic mass is 9.96. The fourth-order valence-corrected chi connectivity index (χ4v) is 3.69. The molecule has 2 aromatic rings. The highest BCUT2D eigenvalue weighted by atomic mass is 127. The van der Waals surface area contributed by atoms with Crippen LogP contribution in [0, 0.1) is 0 Å². The molecule has 0 saturated carbocycles. The van der Waals surface area contributed by atoms with Gasteiger partial charge in [-0.1, -0.05) is 6.07 Å². The van der Waals surface area contributed by atoms with Crippen LogP contribution in [0.25, 0.3) is 0 Å². The van der Waals surface area contributed by atoms with Crippen molar-refractivity contribution in [3.8, 4) is 17.4 Å². The van der Waals surface area contributed by atoms with E-state index in [1.165, 1.54) is 6.42 Å². The van der Waals surface area contributed by atoms with Crippen molar-refractivity contribution in [2.75, 3.05) is 14.2 Å². The number of hydrogen-bond acceptors (Lipinski definition) is 5. The summed E-state index contributed by atoms with van der Waals surface area (Å²) in [5.74, 6) is 2.85. The summed E-state index contributed by atoms with van der Waals surface area (Å²) in [6, 6.07) is 11.6. The largest absolute Gasteiger partial charge is 0.497 e. The lowest BCUT2D eigenvalue weighted by Crippen LogP contribution is -2.47. The van der Waals surface area contributed by atoms with Crippen LogP contribution < -0.4 is 20.1 Å². The molecular formula is C21H27IN4O3. The Morgan fingerprint density at radius 2 is 1.97 bits per heavy atom. The molecule has 0 spiro atoms. The number of fused-ring (bicyclic) bond motifs is 2. The maximum atomic E-state index is 5.89. The van der Waals surface area contributed by atoms with Gasteiger partial charge in [-0.15, -0.1) is 24.0 Å². The number of benzene rings is 1. The van der Waals surface area contributed by atoms with Crippen molar-refractivity contribution in [2.24, 2.45) is 4.99 Å². The van der Waals surface area contributed by atoms with Crippen molar-refractivity contribution in [3.05, 3.63) is 48.2 Å². The average Bonchev–Trinajstić information content (AvgIpc) is 3.36. The third-order valence-electron chi connectivity index (χ3n) is 5.19. The molecule has 2 aliphatic rings. The van der Waals surface area contributed by atoms with Gasteiger partial charge >= 0.3 is 0 Å². The summed E-state index contributed by atoms with van der Waals surface area (Å²) < 4.78 is 16.8. The average molecular weight is 510 g/mol. The zero-order valence-corrected chi connectivity index (χ0v) is 19.0. The number of rotatable bonds is 6. The molecule has 3 atom stereocenters. The van der Waals surface area contributed by atoms with Crippen molar-refractivity contribution in [1.82, 2.24) is 15.6 Å². The Bertz CT molecular complexity index is 814. The van der Waals surface area contributed by atoms with Crippen molar-refractivity contribution >= 4 is 29.9 Å². The minimum Gasteiger partial charge on any atom is -0.497 e. The molecule has 7 nitrogen and oxygen atoms in total. The van der Waals surface area contributed by atoms with E-state index in [9.17, 15) is 0 Å². The summed E-state index contributed by atoms with van der Waals surface area (Å²) in [4.78, 5) is 8.70. The standard InChI is InChI=1S/C21H26N4O3.HI/c1-22-21(25-18-11-17-8-9-19(18)27-17)24-13-14-3-10-20(23-12-14)28-16-6-4-15(26-2)5-7-16;/h3-7,10,12,17-19H,8-9,11,13H2,1-2H3,(H2,22,24,25);1H. The first-order chi connectivity index (χ1) is 13.7. The first-order valence-corrected chi connectivity index (χ1v) is 9.63. The number of pyridine rings is 1. The first kappa shape index (κ1) is 21.6. The lowest BCUT2D eigenvalue weighted by Gasteiger charge is -2.22. The minimum absolute atomic E-state index is 0. The molecule has 4 rings (SSSR count). The molecule has 8 heteroatoms. The van der Waals surface area contributed by atoms with Gasteiger partial charge in [-0.2, -0.15) is 0 Å². The van der Waals surface area contributed by atoms with Gasteiger partial charge in [0.15, 0.2) is 5.96 Å². The Hall–Kier alpha value is -2.07. The van der Waals surface area contributed by atoms with Crippen LogP contribution in [-0.4, -0.2) is 43.4 Å². The van der Waals surface area contributed by atoms with E-state index in [1.807, 2.05) is 36.4 Å². The van der Waals surface area contributed by atoms with Crippen molar-refractivity contribution < 1.29 is 14.2 Å². The summed E-state index contributed by atoms with van der Waals surface area (Å²) in [6.07, 6.45) is 5.93. The number of methoxy groups -OCH3 is 1. The Morgan fingerprint density at radius 1 is 1.17 bits per heavy atom.